The molecule has 0 saturated carbocycles. The van der Waals surface area contributed by atoms with Crippen molar-refractivity contribution in [3.05, 3.63) is 22.7 Å². The first-order valence-electron chi connectivity index (χ1n) is 6.18. The van der Waals surface area contributed by atoms with Gasteiger partial charge in [0, 0.05) is 31.7 Å². The summed E-state index contributed by atoms with van der Waals surface area (Å²) in [7, 11) is 3.88. The van der Waals surface area contributed by atoms with Gasteiger partial charge in [-0.15, -0.1) is 0 Å². The van der Waals surface area contributed by atoms with E-state index in [9.17, 15) is 4.79 Å². The molecule has 1 aliphatic rings. The van der Waals surface area contributed by atoms with E-state index in [0.29, 0.717) is 13.2 Å². The number of halogens is 1. The highest BCUT2D eigenvalue weighted by atomic mass is 79.9. The van der Waals surface area contributed by atoms with E-state index in [1.807, 2.05) is 37.2 Å². The largest absolute Gasteiger partial charge is 0.376 e. The Hall–Kier alpha value is -1.11. The number of anilines is 2. The van der Waals surface area contributed by atoms with E-state index in [1.54, 1.807) is 0 Å². The van der Waals surface area contributed by atoms with Crippen LogP contribution in [0, 0.1) is 0 Å². The quantitative estimate of drug-likeness (QED) is 0.882. The summed E-state index contributed by atoms with van der Waals surface area (Å²) in [5.74, 6) is -0.117. The molecule has 6 heteroatoms. The fraction of sp³-hybridized carbons (Fsp3) is 0.462. The molecule has 1 amide bonds. The maximum atomic E-state index is 12.1. The summed E-state index contributed by atoms with van der Waals surface area (Å²) in [6, 6.07) is 5.80. The number of nitrogens with one attached hydrogen (secondary N) is 2. The molecule has 104 valence electrons. The second-order valence-corrected chi connectivity index (χ2v) is 5.52. The minimum absolute atomic E-state index is 0.117. The summed E-state index contributed by atoms with van der Waals surface area (Å²) < 4.78 is 6.37. The number of morpholine rings is 1. The van der Waals surface area contributed by atoms with Crippen molar-refractivity contribution in [3.63, 3.8) is 0 Å². The van der Waals surface area contributed by atoms with Gasteiger partial charge in [-0.1, -0.05) is 15.9 Å². The minimum atomic E-state index is -0.428. The smallest absolute Gasteiger partial charge is 0.254 e. The number of hydrogen-bond donors (Lipinski definition) is 2. The SMILES string of the molecule is CN(C)c1ccc(Br)cc1NC(=O)C1CNCCO1. The first-order valence-corrected chi connectivity index (χ1v) is 6.97. The van der Waals surface area contributed by atoms with Crippen molar-refractivity contribution in [2.75, 3.05) is 44.0 Å². The molecule has 1 unspecified atom stereocenters. The van der Waals surface area contributed by atoms with Gasteiger partial charge in [-0.05, 0) is 18.2 Å². The van der Waals surface area contributed by atoms with Gasteiger partial charge in [0.05, 0.1) is 18.0 Å². The Balaban J connectivity index is 2.13. The summed E-state index contributed by atoms with van der Waals surface area (Å²) in [4.78, 5) is 14.1. The molecule has 0 spiro atoms. The van der Waals surface area contributed by atoms with Crippen molar-refractivity contribution >= 4 is 33.2 Å². The van der Waals surface area contributed by atoms with Crippen LogP contribution in [0.4, 0.5) is 11.4 Å². The lowest BCUT2D eigenvalue weighted by Gasteiger charge is -2.24. The fourth-order valence-electron chi connectivity index (χ4n) is 1.95. The van der Waals surface area contributed by atoms with E-state index in [1.165, 1.54) is 0 Å². The second kappa shape index (κ2) is 6.36. The second-order valence-electron chi connectivity index (χ2n) is 4.61. The van der Waals surface area contributed by atoms with Gasteiger partial charge < -0.3 is 20.3 Å². The Kier molecular flexibility index (Phi) is 4.79. The molecule has 1 aromatic carbocycles. The standard InChI is InChI=1S/C13H18BrN3O2/c1-17(2)11-4-3-9(14)7-10(11)16-13(18)12-8-15-5-6-19-12/h3-4,7,12,15H,5-6,8H2,1-2H3,(H,16,18). The highest BCUT2D eigenvalue weighted by molar-refractivity contribution is 9.10. The molecule has 0 aliphatic carbocycles. The fourth-order valence-corrected chi connectivity index (χ4v) is 2.31. The third-order valence-corrected chi connectivity index (χ3v) is 3.41. The molecule has 0 bridgehead atoms. The predicted molar refractivity (Wildman–Crippen MR) is 79.7 cm³/mol. The molecule has 1 aliphatic heterocycles. The number of rotatable bonds is 3. The molecule has 1 atom stereocenters. The van der Waals surface area contributed by atoms with Gasteiger partial charge in [-0.25, -0.2) is 0 Å². The highest BCUT2D eigenvalue weighted by Gasteiger charge is 2.22. The molecular weight excluding hydrogens is 310 g/mol. The Morgan fingerprint density at radius 3 is 2.95 bits per heavy atom. The van der Waals surface area contributed by atoms with Crippen LogP contribution in [-0.4, -0.2) is 45.8 Å². The molecule has 1 fully saturated rings. The maximum absolute atomic E-state index is 12.1. The van der Waals surface area contributed by atoms with E-state index in [4.69, 9.17) is 4.74 Å². The molecular formula is C13H18BrN3O2. The zero-order chi connectivity index (χ0) is 13.8. The van der Waals surface area contributed by atoms with E-state index < -0.39 is 6.10 Å². The molecule has 19 heavy (non-hydrogen) atoms. The number of amides is 1. The number of hydrogen-bond acceptors (Lipinski definition) is 4. The lowest BCUT2D eigenvalue weighted by atomic mass is 10.2. The summed E-state index contributed by atoms with van der Waals surface area (Å²) in [6.45, 7) is 1.91. The summed E-state index contributed by atoms with van der Waals surface area (Å²) >= 11 is 3.42. The zero-order valence-electron chi connectivity index (χ0n) is 11.1. The topological polar surface area (TPSA) is 53.6 Å². The van der Waals surface area contributed by atoms with Crippen molar-refractivity contribution in [1.82, 2.24) is 5.32 Å². The van der Waals surface area contributed by atoms with Gasteiger partial charge in [-0.2, -0.15) is 0 Å². The van der Waals surface area contributed by atoms with Gasteiger partial charge in [0.1, 0.15) is 6.10 Å². The number of ether oxygens (including phenoxy) is 1. The van der Waals surface area contributed by atoms with E-state index in [0.717, 1.165) is 22.4 Å². The predicted octanol–water partition coefficient (Wildman–Crippen LogP) is 1.44. The van der Waals surface area contributed by atoms with Crippen molar-refractivity contribution in [1.29, 1.82) is 0 Å². The van der Waals surface area contributed by atoms with Crippen molar-refractivity contribution in [3.8, 4) is 0 Å². The van der Waals surface area contributed by atoms with E-state index in [2.05, 4.69) is 26.6 Å². The van der Waals surface area contributed by atoms with Crippen LogP contribution in [0.2, 0.25) is 0 Å². The van der Waals surface area contributed by atoms with Crippen LogP contribution < -0.4 is 15.5 Å². The molecule has 0 radical (unpaired) electrons. The average molecular weight is 328 g/mol. The zero-order valence-corrected chi connectivity index (χ0v) is 12.7. The molecule has 2 N–H and O–H groups in total. The van der Waals surface area contributed by atoms with Crippen molar-refractivity contribution < 1.29 is 9.53 Å². The number of carbonyl (C=O) groups is 1. The molecule has 0 aromatic heterocycles. The normalized spacial score (nSPS) is 19.0. The third-order valence-electron chi connectivity index (χ3n) is 2.92. The van der Waals surface area contributed by atoms with Crippen molar-refractivity contribution in [2.45, 2.75) is 6.10 Å². The van der Waals surface area contributed by atoms with Gasteiger partial charge in [0.15, 0.2) is 0 Å². The molecule has 2 rings (SSSR count). The average Bonchev–Trinajstić information content (AvgIpc) is 2.39. The minimum Gasteiger partial charge on any atom is -0.376 e. The summed E-state index contributed by atoms with van der Waals surface area (Å²) in [6.07, 6.45) is -0.428. The molecule has 1 aromatic rings. The van der Waals surface area contributed by atoms with Crippen LogP contribution in [0.15, 0.2) is 22.7 Å². The lowest BCUT2D eigenvalue weighted by molar-refractivity contribution is -0.128. The Labute approximate surface area is 121 Å². The van der Waals surface area contributed by atoms with Crippen LogP contribution >= 0.6 is 15.9 Å². The Bertz CT molecular complexity index is 459. The molecule has 1 saturated heterocycles. The van der Waals surface area contributed by atoms with Crippen LogP contribution in [0.1, 0.15) is 0 Å². The van der Waals surface area contributed by atoms with Crippen LogP contribution in [0.5, 0.6) is 0 Å². The first kappa shape index (κ1) is 14.3. The van der Waals surface area contributed by atoms with Crippen LogP contribution in [0.25, 0.3) is 0 Å². The maximum Gasteiger partial charge on any atom is 0.254 e. The molecule has 5 nitrogen and oxygen atoms in total. The van der Waals surface area contributed by atoms with Crippen LogP contribution in [0.3, 0.4) is 0 Å². The highest BCUT2D eigenvalue weighted by Crippen LogP contribution is 2.28. The van der Waals surface area contributed by atoms with Crippen molar-refractivity contribution in [2.24, 2.45) is 0 Å². The monoisotopic (exact) mass is 327 g/mol. The number of carbonyl (C=O) groups excluding carboxylic acids is 1. The van der Waals surface area contributed by atoms with Gasteiger partial charge >= 0.3 is 0 Å². The van der Waals surface area contributed by atoms with E-state index >= 15 is 0 Å². The first-order chi connectivity index (χ1) is 9.08. The third kappa shape index (κ3) is 3.68. The molecule has 1 heterocycles. The number of nitrogens with zero attached hydrogens (tertiary/aromatic N) is 1. The van der Waals surface area contributed by atoms with Crippen LogP contribution in [-0.2, 0) is 9.53 Å². The van der Waals surface area contributed by atoms with Gasteiger partial charge in [0.25, 0.3) is 5.91 Å². The summed E-state index contributed by atoms with van der Waals surface area (Å²) in [5, 5.41) is 6.07. The Morgan fingerprint density at radius 2 is 2.32 bits per heavy atom. The van der Waals surface area contributed by atoms with Gasteiger partial charge in [-0.3, -0.25) is 4.79 Å². The Morgan fingerprint density at radius 1 is 1.53 bits per heavy atom. The summed E-state index contributed by atoms with van der Waals surface area (Å²) in [5.41, 5.74) is 1.74. The van der Waals surface area contributed by atoms with Gasteiger partial charge in [0.2, 0.25) is 0 Å². The van der Waals surface area contributed by atoms with E-state index in [-0.39, 0.29) is 5.91 Å². The number of benzene rings is 1. The lowest BCUT2D eigenvalue weighted by Crippen LogP contribution is -2.45.